The highest BCUT2D eigenvalue weighted by Crippen LogP contribution is 2.22. The lowest BCUT2D eigenvalue weighted by atomic mass is 10.2. The highest BCUT2D eigenvalue weighted by Gasteiger charge is 2.13. The first-order chi connectivity index (χ1) is 12.5. The quantitative estimate of drug-likeness (QED) is 0.438. The molecule has 9 heteroatoms. The zero-order valence-electron chi connectivity index (χ0n) is 13.6. The summed E-state index contributed by atoms with van der Waals surface area (Å²) in [7, 11) is 0. The third-order valence-corrected chi connectivity index (χ3v) is 3.64. The Labute approximate surface area is 147 Å². The van der Waals surface area contributed by atoms with Crippen molar-refractivity contribution in [3.8, 4) is 11.8 Å². The number of aryl methyl sites for hydroxylation is 1. The smallest absolute Gasteiger partial charge is 0.293 e. The van der Waals surface area contributed by atoms with E-state index in [0.29, 0.717) is 22.6 Å². The van der Waals surface area contributed by atoms with Crippen molar-refractivity contribution in [2.75, 3.05) is 0 Å². The van der Waals surface area contributed by atoms with Crippen molar-refractivity contribution in [3.63, 3.8) is 0 Å². The van der Waals surface area contributed by atoms with Gasteiger partial charge in [-0.2, -0.15) is 5.26 Å². The normalized spacial score (nSPS) is 10.8. The molecule has 26 heavy (non-hydrogen) atoms. The van der Waals surface area contributed by atoms with Crippen LogP contribution in [0.5, 0.6) is 0 Å². The number of rotatable bonds is 4. The molecule has 0 amide bonds. The van der Waals surface area contributed by atoms with Crippen LogP contribution in [0.25, 0.3) is 5.69 Å². The first-order valence-corrected chi connectivity index (χ1v) is 7.48. The number of benzene rings is 2. The van der Waals surface area contributed by atoms with Crippen molar-refractivity contribution in [2.45, 2.75) is 6.92 Å². The molecule has 1 heterocycles. The average Bonchev–Trinajstić information content (AvgIpc) is 2.94. The molecule has 1 aromatic heterocycles. The van der Waals surface area contributed by atoms with E-state index >= 15 is 0 Å². The minimum Gasteiger partial charge on any atom is -0.293 e. The highest BCUT2D eigenvalue weighted by atomic mass is 16.6. The Morgan fingerprint density at radius 3 is 2.50 bits per heavy atom. The van der Waals surface area contributed by atoms with Gasteiger partial charge in [0.1, 0.15) is 11.8 Å². The van der Waals surface area contributed by atoms with E-state index < -0.39 is 10.5 Å². The van der Waals surface area contributed by atoms with Crippen LogP contribution in [-0.2, 0) is 0 Å². The van der Waals surface area contributed by atoms with Crippen molar-refractivity contribution in [1.29, 1.82) is 5.26 Å². The molecule has 0 atom stereocenters. The SMILES string of the molecule is Cc1[nH]n(-c2ccc([N+](=O)[O-])cc2)c(=O)c1N=Nc1ccccc1C#N. The van der Waals surface area contributed by atoms with Crippen molar-refractivity contribution in [1.82, 2.24) is 9.78 Å². The molecule has 0 saturated carbocycles. The van der Waals surface area contributed by atoms with Gasteiger partial charge in [0.2, 0.25) is 0 Å². The van der Waals surface area contributed by atoms with Gasteiger partial charge in [0.25, 0.3) is 11.2 Å². The highest BCUT2D eigenvalue weighted by molar-refractivity contribution is 5.53. The van der Waals surface area contributed by atoms with Gasteiger partial charge in [0.15, 0.2) is 5.69 Å². The van der Waals surface area contributed by atoms with Gasteiger partial charge in [-0.15, -0.1) is 10.2 Å². The zero-order valence-corrected chi connectivity index (χ0v) is 13.6. The van der Waals surface area contributed by atoms with Crippen LogP contribution in [-0.4, -0.2) is 14.7 Å². The summed E-state index contributed by atoms with van der Waals surface area (Å²) < 4.78 is 1.23. The van der Waals surface area contributed by atoms with Crippen LogP contribution in [0, 0.1) is 28.4 Å². The topological polar surface area (TPSA) is 129 Å². The first kappa shape index (κ1) is 16.8. The monoisotopic (exact) mass is 348 g/mol. The third-order valence-electron chi connectivity index (χ3n) is 3.64. The summed E-state index contributed by atoms with van der Waals surface area (Å²) in [6, 6.07) is 14.2. The van der Waals surface area contributed by atoms with Crippen LogP contribution >= 0.6 is 0 Å². The second kappa shape index (κ2) is 6.82. The maximum absolute atomic E-state index is 12.6. The molecule has 0 fully saturated rings. The molecule has 0 aliphatic carbocycles. The number of nitrogens with one attached hydrogen (secondary N) is 1. The molecule has 0 aliphatic rings. The standard InChI is InChI=1S/C17H12N6O3/c1-11-16(20-19-15-5-3-2-4-12(15)10-18)17(24)22(21-11)13-6-8-14(9-7-13)23(25)26/h2-9,21H,1H3. The molecule has 128 valence electrons. The Bertz CT molecular complexity index is 1100. The minimum atomic E-state index is -0.515. The molecule has 3 rings (SSSR count). The Hall–Kier alpha value is -4.06. The molecule has 0 bridgehead atoms. The summed E-state index contributed by atoms with van der Waals surface area (Å²) in [6.45, 7) is 1.66. The van der Waals surface area contributed by atoms with Crippen LogP contribution in [0.4, 0.5) is 17.1 Å². The maximum Gasteiger partial charge on any atom is 0.299 e. The molecule has 9 nitrogen and oxygen atoms in total. The molecule has 1 N–H and O–H groups in total. The summed E-state index contributed by atoms with van der Waals surface area (Å²) in [6.07, 6.45) is 0. The molecule has 2 aromatic carbocycles. The zero-order chi connectivity index (χ0) is 18.7. The molecular weight excluding hydrogens is 336 g/mol. The van der Waals surface area contributed by atoms with Crippen LogP contribution in [0.15, 0.2) is 63.6 Å². The number of aromatic nitrogens is 2. The lowest BCUT2D eigenvalue weighted by Gasteiger charge is -2.00. The van der Waals surface area contributed by atoms with E-state index in [9.17, 15) is 14.9 Å². The summed E-state index contributed by atoms with van der Waals surface area (Å²) in [5.41, 5.74) is 1.19. The minimum absolute atomic E-state index is 0.0712. The first-order valence-electron chi connectivity index (χ1n) is 7.48. The van der Waals surface area contributed by atoms with Crippen molar-refractivity contribution in [3.05, 3.63) is 80.3 Å². The second-order valence-electron chi connectivity index (χ2n) is 5.33. The molecule has 3 aromatic rings. The summed E-state index contributed by atoms with van der Waals surface area (Å²) in [5, 5.41) is 30.6. The van der Waals surface area contributed by atoms with Crippen molar-refractivity contribution >= 4 is 17.1 Å². The number of nitriles is 1. The number of H-pyrrole nitrogens is 1. The van der Waals surface area contributed by atoms with Crippen molar-refractivity contribution < 1.29 is 4.92 Å². The van der Waals surface area contributed by atoms with Gasteiger partial charge in [-0.3, -0.25) is 20.0 Å². The molecule has 0 unspecified atom stereocenters. The molecule has 0 aliphatic heterocycles. The fourth-order valence-electron chi connectivity index (χ4n) is 2.32. The number of nitro benzene ring substituents is 1. The Balaban J connectivity index is 1.98. The third kappa shape index (κ3) is 3.11. The number of hydrogen-bond acceptors (Lipinski definition) is 6. The van der Waals surface area contributed by atoms with E-state index in [0.717, 1.165) is 0 Å². The lowest BCUT2D eigenvalue weighted by Crippen LogP contribution is -2.13. The van der Waals surface area contributed by atoms with Gasteiger partial charge in [0, 0.05) is 12.1 Å². The summed E-state index contributed by atoms with van der Waals surface area (Å²) in [5.74, 6) is 0. The predicted octanol–water partition coefficient (Wildman–Crippen LogP) is 3.67. The van der Waals surface area contributed by atoms with Crippen molar-refractivity contribution in [2.24, 2.45) is 10.2 Å². The van der Waals surface area contributed by atoms with E-state index in [-0.39, 0.29) is 11.4 Å². The van der Waals surface area contributed by atoms with E-state index in [2.05, 4.69) is 15.3 Å². The number of nitrogens with zero attached hydrogens (tertiary/aromatic N) is 5. The molecule has 0 spiro atoms. The van der Waals surface area contributed by atoms with Crippen LogP contribution < -0.4 is 5.56 Å². The van der Waals surface area contributed by atoms with Crippen LogP contribution in [0.2, 0.25) is 0 Å². The number of azo groups is 1. The fraction of sp³-hybridized carbons (Fsp3) is 0.0588. The number of nitro groups is 1. The average molecular weight is 348 g/mol. The van der Waals surface area contributed by atoms with Crippen LogP contribution in [0.1, 0.15) is 11.3 Å². The van der Waals surface area contributed by atoms with Gasteiger partial charge in [-0.1, -0.05) is 12.1 Å². The largest absolute Gasteiger partial charge is 0.299 e. The van der Waals surface area contributed by atoms with Gasteiger partial charge in [0.05, 0.1) is 21.9 Å². The van der Waals surface area contributed by atoms with E-state index in [1.54, 1.807) is 31.2 Å². The Morgan fingerprint density at radius 1 is 1.15 bits per heavy atom. The van der Waals surface area contributed by atoms with Crippen LogP contribution in [0.3, 0.4) is 0 Å². The van der Waals surface area contributed by atoms with Gasteiger partial charge in [-0.25, -0.2) is 4.68 Å². The Morgan fingerprint density at radius 2 is 1.85 bits per heavy atom. The predicted molar refractivity (Wildman–Crippen MR) is 93.1 cm³/mol. The van der Waals surface area contributed by atoms with E-state index in [1.807, 2.05) is 6.07 Å². The summed E-state index contributed by atoms with van der Waals surface area (Å²) in [4.78, 5) is 22.8. The van der Waals surface area contributed by atoms with Gasteiger partial charge >= 0.3 is 0 Å². The number of aromatic amines is 1. The molecule has 0 saturated heterocycles. The summed E-state index contributed by atoms with van der Waals surface area (Å²) >= 11 is 0. The Kier molecular flexibility index (Phi) is 4.40. The fourth-order valence-corrected chi connectivity index (χ4v) is 2.32. The second-order valence-corrected chi connectivity index (χ2v) is 5.33. The molecule has 0 radical (unpaired) electrons. The van der Waals surface area contributed by atoms with E-state index in [1.165, 1.54) is 28.9 Å². The lowest BCUT2D eigenvalue weighted by molar-refractivity contribution is -0.384. The van der Waals surface area contributed by atoms with E-state index in [4.69, 9.17) is 5.26 Å². The number of hydrogen-bond donors (Lipinski definition) is 1. The van der Waals surface area contributed by atoms with Gasteiger partial charge < -0.3 is 0 Å². The number of non-ortho nitro benzene ring substituents is 1. The maximum atomic E-state index is 12.6. The van der Waals surface area contributed by atoms with Gasteiger partial charge in [-0.05, 0) is 31.2 Å². The molecular formula is C17H12N6O3.